The standard InChI is InChI=1S/C40H37BrN2O9S/c1-6-49-31-18-25(15-16-30(31)51-22-34(44)48-5)36-35(39(46)50-7-2)23(3)42-40-43(36)38(45)33(53-40)19-27-17-28(41)20-32(47-4)37(27)52-21-26-13-10-12-24-11-8-9-14-29(24)26/h8-20,36H,6-7,21-22H2,1-5H3/b33-19+/t36-/m0/s1. The predicted octanol–water partition coefficient (Wildman–Crippen LogP) is 6.25. The van der Waals surface area contributed by atoms with Crippen molar-refractivity contribution in [2.75, 3.05) is 34.0 Å². The normalized spacial score (nSPS) is 14.0. The molecular weight excluding hydrogens is 764 g/mol. The molecule has 4 aromatic carbocycles. The van der Waals surface area contributed by atoms with Gasteiger partial charge in [-0.05, 0) is 73.0 Å². The van der Waals surface area contributed by atoms with E-state index in [0.717, 1.165) is 20.8 Å². The zero-order chi connectivity index (χ0) is 37.6. The predicted molar refractivity (Wildman–Crippen MR) is 204 cm³/mol. The number of hydrogen-bond acceptors (Lipinski definition) is 11. The Balaban J connectivity index is 1.48. The van der Waals surface area contributed by atoms with Crippen LogP contribution in [-0.4, -0.2) is 50.5 Å². The van der Waals surface area contributed by atoms with E-state index in [0.29, 0.717) is 55.8 Å². The number of aromatic nitrogens is 1. The molecule has 0 amide bonds. The average molecular weight is 802 g/mol. The zero-order valence-corrected chi connectivity index (χ0v) is 32.2. The molecule has 1 aliphatic heterocycles. The van der Waals surface area contributed by atoms with Gasteiger partial charge in [0.05, 0.1) is 49.3 Å². The van der Waals surface area contributed by atoms with Crippen LogP contribution in [0.1, 0.15) is 43.5 Å². The average Bonchev–Trinajstić information content (AvgIpc) is 3.46. The molecule has 0 spiro atoms. The molecule has 6 rings (SSSR count). The maximum Gasteiger partial charge on any atom is 0.343 e. The molecule has 0 fully saturated rings. The Kier molecular flexibility index (Phi) is 11.6. The molecule has 1 aromatic heterocycles. The molecule has 0 saturated heterocycles. The van der Waals surface area contributed by atoms with Crippen molar-refractivity contribution in [1.29, 1.82) is 0 Å². The summed E-state index contributed by atoms with van der Waals surface area (Å²) in [5, 5.41) is 2.17. The van der Waals surface area contributed by atoms with Crippen LogP contribution in [0.25, 0.3) is 16.8 Å². The summed E-state index contributed by atoms with van der Waals surface area (Å²) in [7, 11) is 2.83. The summed E-state index contributed by atoms with van der Waals surface area (Å²) in [6.07, 6.45) is 1.74. The molecule has 13 heteroatoms. The second-order valence-electron chi connectivity index (χ2n) is 11.8. The summed E-state index contributed by atoms with van der Waals surface area (Å²) in [4.78, 5) is 44.9. The topological polar surface area (TPSA) is 124 Å². The maximum atomic E-state index is 14.5. The molecule has 0 unspecified atom stereocenters. The van der Waals surface area contributed by atoms with E-state index in [1.54, 1.807) is 51.3 Å². The quantitative estimate of drug-likeness (QED) is 0.127. The van der Waals surface area contributed by atoms with Gasteiger partial charge < -0.3 is 28.4 Å². The number of esters is 2. The van der Waals surface area contributed by atoms with Crippen molar-refractivity contribution in [2.24, 2.45) is 4.99 Å². The van der Waals surface area contributed by atoms with Crippen molar-refractivity contribution in [3.05, 3.63) is 125 Å². The molecule has 1 aliphatic rings. The van der Waals surface area contributed by atoms with Crippen molar-refractivity contribution in [1.82, 2.24) is 4.57 Å². The minimum Gasteiger partial charge on any atom is -0.493 e. The number of ether oxygens (including phenoxy) is 6. The van der Waals surface area contributed by atoms with Gasteiger partial charge in [0.1, 0.15) is 6.61 Å². The highest BCUT2D eigenvalue weighted by atomic mass is 79.9. The lowest BCUT2D eigenvalue weighted by Crippen LogP contribution is -2.40. The van der Waals surface area contributed by atoms with Crippen molar-refractivity contribution in [3.8, 4) is 23.0 Å². The van der Waals surface area contributed by atoms with E-state index in [1.165, 1.54) is 23.0 Å². The number of halogens is 1. The smallest absolute Gasteiger partial charge is 0.343 e. The number of allylic oxidation sites excluding steroid dienone is 1. The van der Waals surface area contributed by atoms with Gasteiger partial charge in [-0.3, -0.25) is 9.36 Å². The highest BCUT2D eigenvalue weighted by molar-refractivity contribution is 9.10. The first kappa shape index (κ1) is 37.4. The molecule has 0 N–H and O–H groups in total. The minimum absolute atomic E-state index is 0.128. The van der Waals surface area contributed by atoms with Crippen molar-refractivity contribution in [3.63, 3.8) is 0 Å². The Morgan fingerprint density at radius 2 is 1.72 bits per heavy atom. The van der Waals surface area contributed by atoms with Crippen LogP contribution in [0.3, 0.4) is 0 Å². The fraction of sp³-hybridized carbons (Fsp3) is 0.250. The van der Waals surface area contributed by atoms with E-state index in [4.69, 9.17) is 33.4 Å². The van der Waals surface area contributed by atoms with E-state index >= 15 is 0 Å². The molecule has 2 heterocycles. The fourth-order valence-electron chi connectivity index (χ4n) is 6.10. The molecule has 0 bridgehead atoms. The zero-order valence-electron chi connectivity index (χ0n) is 29.8. The van der Waals surface area contributed by atoms with Gasteiger partial charge in [0.2, 0.25) is 0 Å². The molecule has 274 valence electrons. The van der Waals surface area contributed by atoms with E-state index < -0.39 is 18.0 Å². The third-order valence-electron chi connectivity index (χ3n) is 8.48. The maximum absolute atomic E-state index is 14.5. The third-order valence-corrected chi connectivity index (χ3v) is 9.92. The van der Waals surface area contributed by atoms with Crippen LogP contribution in [0.5, 0.6) is 23.0 Å². The number of nitrogens with zero attached hydrogens (tertiary/aromatic N) is 2. The summed E-state index contributed by atoms with van der Waals surface area (Å²) >= 11 is 4.77. The van der Waals surface area contributed by atoms with Gasteiger partial charge in [-0.1, -0.05) is 75.8 Å². The van der Waals surface area contributed by atoms with Crippen LogP contribution in [-0.2, 0) is 25.7 Å². The Bertz CT molecular complexity index is 2410. The van der Waals surface area contributed by atoms with E-state index in [9.17, 15) is 14.4 Å². The molecule has 5 aromatic rings. The monoisotopic (exact) mass is 800 g/mol. The lowest BCUT2D eigenvalue weighted by Gasteiger charge is -2.25. The van der Waals surface area contributed by atoms with E-state index in [-0.39, 0.29) is 31.0 Å². The highest BCUT2D eigenvalue weighted by Crippen LogP contribution is 2.38. The summed E-state index contributed by atoms with van der Waals surface area (Å²) in [5.74, 6) is 0.401. The first-order chi connectivity index (χ1) is 25.7. The van der Waals surface area contributed by atoms with Gasteiger partial charge in [0.25, 0.3) is 5.56 Å². The van der Waals surface area contributed by atoms with Crippen molar-refractivity contribution >= 4 is 56.1 Å². The molecule has 11 nitrogen and oxygen atoms in total. The van der Waals surface area contributed by atoms with Crippen molar-refractivity contribution in [2.45, 2.75) is 33.4 Å². The number of thiazole rings is 1. The van der Waals surface area contributed by atoms with Crippen LogP contribution < -0.4 is 33.8 Å². The second-order valence-corrected chi connectivity index (χ2v) is 13.7. The molecular formula is C40H37BrN2O9S. The number of methoxy groups -OCH3 is 2. The van der Waals surface area contributed by atoms with Crippen LogP contribution in [0.15, 0.2) is 98.3 Å². The second kappa shape index (κ2) is 16.5. The van der Waals surface area contributed by atoms with Gasteiger partial charge >= 0.3 is 11.9 Å². The Hall–Kier alpha value is -5.40. The summed E-state index contributed by atoms with van der Waals surface area (Å²) in [5.41, 5.74) is 2.38. The summed E-state index contributed by atoms with van der Waals surface area (Å²) < 4.78 is 36.5. The van der Waals surface area contributed by atoms with Gasteiger partial charge in [0, 0.05) is 10.0 Å². The Labute approximate surface area is 317 Å². The largest absolute Gasteiger partial charge is 0.493 e. The van der Waals surface area contributed by atoms with Gasteiger partial charge in [-0.2, -0.15) is 0 Å². The number of carbonyl (C=O) groups is 2. The lowest BCUT2D eigenvalue weighted by atomic mass is 9.95. The number of fused-ring (bicyclic) bond motifs is 2. The lowest BCUT2D eigenvalue weighted by molar-refractivity contribution is -0.143. The van der Waals surface area contributed by atoms with Crippen LogP contribution in [0, 0.1) is 0 Å². The van der Waals surface area contributed by atoms with Gasteiger partial charge in [0.15, 0.2) is 34.4 Å². The number of carbonyl (C=O) groups excluding carboxylic acids is 2. The van der Waals surface area contributed by atoms with E-state index in [1.807, 2.05) is 37.3 Å². The number of benzene rings is 4. The Morgan fingerprint density at radius 3 is 2.47 bits per heavy atom. The molecule has 1 atom stereocenters. The molecule has 0 radical (unpaired) electrons. The van der Waals surface area contributed by atoms with E-state index in [2.05, 4.69) is 34.1 Å². The first-order valence-electron chi connectivity index (χ1n) is 16.8. The number of rotatable bonds is 13. The SMILES string of the molecule is CCOC(=O)C1=C(C)N=c2s/c(=C/c3cc(Br)cc(OC)c3OCc3cccc4ccccc34)c(=O)n2[C@H]1c1ccc(OCC(=O)OC)c(OCC)c1. The van der Waals surface area contributed by atoms with Crippen LogP contribution in [0.4, 0.5) is 0 Å². The van der Waals surface area contributed by atoms with Gasteiger partial charge in [-0.25, -0.2) is 14.6 Å². The van der Waals surface area contributed by atoms with Gasteiger partial charge in [-0.15, -0.1) is 0 Å². The Morgan fingerprint density at radius 1 is 0.925 bits per heavy atom. The summed E-state index contributed by atoms with van der Waals surface area (Å²) in [6.45, 7) is 5.59. The van der Waals surface area contributed by atoms with Crippen LogP contribution in [0.2, 0.25) is 0 Å². The molecule has 0 saturated carbocycles. The summed E-state index contributed by atoms with van der Waals surface area (Å²) in [6, 6.07) is 21.9. The number of hydrogen-bond donors (Lipinski definition) is 0. The van der Waals surface area contributed by atoms with Crippen LogP contribution >= 0.6 is 27.3 Å². The molecule has 0 aliphatic carbocycles. The minimum atomic E-state index is -0.916. The fourth-order valence-corrected chi connectivity index (χ4v) is 7.59. The first-order valence-corrected chi connectivity index (χ1v) is 18.4. The third kappa shape index (κ3) is 7.86. The van der Waals surface area contributed by atoms with Crippen molar-refractivity contribution < 1.29 is 38.0 Å². The highest BCUT2D eigenvalue weighted by Gasteiger charge is 2.34. The molecule has 53 heavy (non-hydrogen) atoms.